The standard InChI is InChI=1S/C21H24N2O4/c1-4-16-9-5-8-12-19(16)23(15(2)24)14-13-20(25)22-18-11-7-6-10-17(18)21(26)27-3/h5-12H,4,13-14H2,1-3H3,(H,22,25). The van der Waals surface area contributed by atoms with Crippen molar-refractivity contribution in [3.63, 3.8) is 0 Å². The number of hydrogen-bond acceptors (Lipinski definition) is 4. The average Bonchev–Trinajstić information content (AvgIpc) is 2.68. The summed E-state index contributed by atoms with van der Waals surface area (Å²) in [6.07, 6.45) is 0.895. The molecule has 0 atom stereocenters. The van der Waals surface area contributed by atoms with Crippen LogP contribution in [0.1, 0.15) is 36.2 Å². The largest absolute Gasteiger partial charge is 0.465 e. The summed E-state index contributed by atoms with van der Waals surface area (Å²) in [4.78, 5) is 37.9. The van der Waals surface area contributed by atoms with Gasteiger partial charge in [-0.25, -0.2) is 4.79 Å². The molecule has 0 aliphatic carbocycles. The third kappa shape index (κ3) is 5.17. The summed E-state index contributed by atoms with van der Waals surface area (Å²) in [7, 11) is 1.29. The topological polar surface area (TPSA) is 75.7 Å². The Balaban J connectivity index is 2.10. The van der Waals surface area contributed by atoms with Gasteiger partial charge in [0.1, 0.15) is 0 Å². The lowest BCUT2D eigenvalue weighted by Gasteiger charge is -2.23. The number of ether oxygens (including phenoxy) is 1. The van der Waals surface area contributed by atoms with Crippen LogP contribution in [0.25, 0.3) is 0 Å². The van der Waals surface area contributed by atoms with Gasteiger partial charge in [0.05, 0.1) is 18.4 Å². The molecule has 0 bridgehead atoms. The van der Waals surface area contributed by atoms with Crippen molar-refractivity contribution in [2.45, 2.75) is 26.7 Å². The average molecular weight is 368 g/mol. The molecule has 0 aliphatic heterocycles. The number of aryl methyl sites for hydroxylation is 1. The predicted molar refractivity (Wildman–Crippen MR) is 105 cm³/mol. The smallest absolute Gasteiger partial charge is 0.339 e. The molecule has 0 spiro atoms. The van der Waals surface area contributed by atoms with Gasteiger partial charge in [0.25, 0.3) is 0 Å². The van der Waals surface area contributed by atoms with Crippen LogP contribution in [0.15, 0.2) is 48.5 Å². The number of carbonyl (C=O) groups excluding carboxylic acids is 3. The first-order valence-electron chi connectivity index (χ1n) is 8.81. The Labute approximate surface area is 159 Å². The summed E-state index contributed by atoms with van der Waals surface area (Å²) in [6.45, 7) is 3.75. The molecule has 0 heterocycles. The van der Waals surface area contributed by atoms with Gasteiger partial charge >= 0.3 is 5.97 Å². The number of amides is 2. The normalized spacial score (nSPS) is 10.2. The lowest BCUT2D eigenvalue weighted by atomic mass is 10.1. The van der Waals surface area contributed by atoms with Crippen LogP contribution in [-0.2, 0) is 20.7 Å². The Morgan fingerprint density at radius 1 is 1.04 bits per heavy atom. The summed E-state index contributed by atoms with van der Waals surface area (Å²) in [5, 5.41) is 2.72. The maximum Gasteiger partial charge on any atom is 0.339 e. The third-order valence-electron chi connectivity index (χ3n) is 4.21. The molecule has 2 amide bonds. The highest BCUT2D eigenvalue weighted by Crippen LogP contribution is 2.22. The van der Waals surface area contributed by atoms with E-state index in [1.54, 1.807) is 29.2 Å². The van der Waals surface area contributed by atoms with Crippen molar-refractivity contribution in [3.05, 3.63) is 59.7 Å². The molecule has 2 rings (SSSR count). The third-order valence-corrected chi connectivity index (χ3v) is 4.21. The van der Waals surface area contributed by atoms with Gasteiger partial charge < -0.3 is 15.0 Å². The predicted octanol–water partition coefficient (Wildman–Crippen LogP) is 3.42. The molecule has 2 aromatic carbocycles. The van der Waals surface area contributed by atoms with Crippen molar-refractivity contribution in [1.29, 1.82) is 0 Å². The molecule has 1 N–H and O–H groups in total. The second-order valence-corrected chi connectivity index (χ2v) is 5.99. The number of rotatable bonds is 7. The van der Waals surface area contributed by atoms with E-state index in [-0.39, 0.29) is 30.3 Å². The first-order valence-corrected chi connectivity index (χ1v) is 8.81. The number of methoxy groups -OCH3 is 1. The van der Waals surface area contributed by atoms with Crippen molar-refractivity contribution >= 4 is 29.2 Å². The zero-order valence-corrected chi connectivity index (χ0v) is 15.8. The van der Waals surface area contributed by atoms with Crippen molar-refractivity contribution < 1.29 is 19.1 Å². The number of nitrogens with one attached hydrogen (secondary N) is 1. The van der Waals surface area contributed by atoms with E-state index in [1.807, 2.05) is 31.2 Å². The SMILES string of the molecule is CCc1ccccc1N(CCC(=O)Nc1ccccc1C(=O)OC)C(C)=O. The highest BCUT2D eigenvalue weighted by Gasteiger charge is 2.17. The van der Waals surface area contributed by atoms with Crippen LogP contribution < -0.4 is 10.2 Å². The van der Waals surface area contributed by atoms with E-state index in [2.05, 4.69) is 5.32 Å². The fourth-order valence-corrected chi connectivity index (χ4v) is 2.83. The Hall–Kier alpha value is -3.15. The molecular formula is C21H24N2O4. The Morgan fingerprint density at radius 3 is 2.37 bits per heavy atom. The highest BCUT2D eigenvalue weighted by molar-refractivity contribution is 6.01. The van der Waals surface area contributed by atoms with Crippen LogP contribution in [0.3, 0.4) is 0 Å². The molecule has 0 saturated carbocycles. The number of nitrogens with zero attached hydrogens (tertiary/aromatic N) is 1. The lowest BCUT2D eigenvalue weighted by molar-refractivity contribution is -0.117. The summed E-state index contributed by atoms with van der Waals surface area (Å²) < 4.78 is 4.73. The molecule has 0 saturated heterocycles. The van der Waals surface area contributed by atoms with Crippen molar-refractivity contribution in [1.82, 2.24) is 0 Å². The molecule has 142 valence electrons. The molecule has 6 heteroatoms. The van der Waals surface area contributed by atoms with Crippen LogP contribution in [0.5, 0.6) is 0 Å². The van der Waals surface area contributed by atoms with Gasteiger partial charge in [0, 0.05) is 25.6 Å². The van der Waals surface area contributed by atoms with E-state index < -0.39 is 5.97 Å². The van der Waals surface area contributed by atoms with Crippen LogP contribution in [0.4, 0.5) is 11.4 Å². The van der Waals surface area contributed by atoms with E-state index in [0.29, 0.717) is 5.69 Å². The van der Waals surface area contributed by atoms with Gasteiger partial charge in [-0.3, -0.25) is 9.59 Å². The first-order chi connectivity index (χ1) is 13.0. The molecular weight excluding hydrogens is 344 g/mol. The van der Waals surface area contributed by atoms with Gasteiger partial charge in [-0.15, -0.1) is 0 Å². The molecule has 27 heavy (non-hydrogen) atoms. The summed E-state index contributed by atoms with van der Waals surface area (Å²) in [5.74, 6) is -0.932. The van der Waals surface area contributed by atoms with Crippen molar-refractivity contribution in [2.24, 2.45) is 0 Å². The monoisotopic (exact) mass is 368 g/mol. The minimum absolute atomic E-state index is 0.104. The molecule has 0 fully saturated rings. The Bertz CT molecular complexity index is 832. The summed E-state index contributed by atoms with van der Waals surface area (Å²) in [5.41, 5.74) is 2.53. The van der Waals surface area contributed by atoms with E-state index in [4.69, 9.17) is 4.74 Å². The van der Waals surface area contributed by atoms with Crippen LogP contribution in [0.2, 0.25) is 0 Å². The van der Waals surface area contributed by atoms with Gasteiger partial charge in [-0.1, -0.05) is 37.3 Å². The van der Waals surface area contributed by atoms with Crippen LogP contribution in [-0.4, -0.2) is 31.4 Å². The van der Waals surface area contributed by atoms with Gasteiger partial charge in [-0.05, 0) is 30.2 Å². The number of carbonyl (C=O) groups is 3. The number of anilines is 2. The van der Waals surface area contributed by atoms with Gasteiger partial charge in [0.2, 0.25) is 11.8 Å². The quantitative estimate of drug-likeness (QED) is 0.760. The Kier molecular flexibility index (Phi) is 7.11. The van der Waals surface area contributed by atoms with Crippen LogP contribution >= 0.6 is 0 Å². The number of para-hydroxylation sites is 2. The van der Waals surface area contributed by atoms with Gasteiger partial charge in [-0.2, -0.15) is 0 Å². The molecule has 6 nitrogen and oxygen atoms in total. The summed E-state index contributed by atoms with van der Waals surface area (Å²) >= 11 is 0. The van der Waals surface area contributed by atoms with Crippen molar-refractivity contribution in [3.8, 4) is 0 Å². The molecule has 0 unspecified atom stereocenters. The summed E-state index contributed by atoms with van der Waals surface area (Å²) in [6, 6.07) is 14.3. The number of esters is 1. The minimum Gasteiger partial charge on any atom is -0.465 e. The Morgan fingerprint density at radius 2 is 1.70 bits per heavy atom. The highest BCUT2D eigenvalue weighted by atomic mass is 16.5. The maximum absolute atomic E-state index is 12.4. The zero-order chi connectivity index (χ0) is 19.8. The van der Waals surface area contributed by atoms with E-state index in [9.17, 15) is 14.4 Å². The fourth-order valence-electron chi connectivity index (χ4n) is 2.83. The molecule has 0 aliphatic rings. The second kappa shape index (κ2) is 9.52. The minimum atomic E-state index is -0.520. The first kappa shape index (κ1) is 20.2. The molecule has 0 aromatic heterocycles. The van der Waals surface area contributed by atoms with E-state index in [1.165, 1.54) is 14.0 Å². The van der Waals surface area contributed by atoms with E-state index >= 15 is 0 Å². The maximum atomic E-state index is 12.4. The fraction of sp³-hybridized carbons (Fsp3) is 0.286. The van der Waals surface area contributed by atoms with Gasteiger partial charge in [0.15, 0.2) is 0 Å². The zero-order valence-electron chi connectivity index (χ0n) is 15.8. The second-order valence-electron chi connectivity index (χ2n) is 5.99. The number of benzene rings is 2. The molecule has 0 radical (unpaired) electrons. The van der Waals surface area contributed by atoms with Crippen molar-refractivity contribution in [2.75, 3.05) is 23.9 Å². The van der Waals surface area contributed by atoms with E-state index in [0.717, 1.165) is 17.7 Å². The lowest BCUT2D eigenvalue weighted by Crippen LogP contribution is -2.32. The molecule has 2 aromatic rings. The van der Waals surface area contributed by atoms with Crippen LogP contribution in [0, 0.1) is 0 Å². The number of hydrogen-bond donors (Lipinski definition) is 1.